The summed E-state index contributed by atoms with van der Waals surface area (Å²) in [5, 5.41) is 11.4. The van der Waals surface area contributed by atoms with E-state index in [0.29, 0.717) is 30.4 Å². The summed E-state index contributed by atoms with van der Waals surface area (Å²) in [5.41, 5.74) is -2.81. The van der Waals surface area contributed by atoms with E-state index in [1.165, 1.54) is 38.5 Å². The van der Waals surface area contributed by atoms with Crippen LogP contribution in [-0.2, 0) is 6.18 Å². The summed E-state index contributed by atoms with van der Waals surface area (Å²) in [6.45, 7) is 3.86. The molecule has 174 valence electrons. The van der Waals surface area contributed by atoms with Crippen LogP contribution in [0.3, 0.4) is 0 Å². The van der Waals surface area contributed by atoms with Crippen molar-refractivity contribution >= 4 is 32.2 Å². The van der Waals surface area contributed by atoms with Gasteiger partial charge in [0, 0.05) is 32.2 Å². The number of non-ortho nitro benzene ring substituents is 1. The van der Waals surface area contributed by atoms with Gasteiger partial charge in [0.2, 0.25) is 0 Å². The Morgan fingerprint density at radius 1 is 1.12 bits per heavy atom. The van der Waals surface area contributed by atoms with Crippen LogP contribution in [-0.4, -0.2) is 47.5 Å². The predicted molar refractivity (Wildman–Crippen MR) is 117 cm³/mol. The van der Waals surface area contributed by atoms with Crippen LogP contribution in [0.25, 0.3) is 10.1 Å². The third-order valence-corrected chi connectivity index (χ3v) is 7.60. The maximum absolute atomic E-state index is 13.1. The Hall–Kier alpha value is -2.27. The minimum atomic E-state index is -4.79. The van der Waals surface area contributed by atoms with Gasteiger partial charge in [-0.15, -0.1) is 0 Å². The number of hydrogen-bond donors (Lipinski definition) is 0. The van der Waals surface area contributed by atoms with E-state index in [9.17, 15) is 28.1 Å². The molecule has 2 heterocycles. The molecule has 0 amide bonds. The third-order valence-electron chi connectivity index (χ3n) is 6.44. The average Bonchev–Trinajstić information content (AvgIpc) is 2.77. The van der Waals surface area contributed by atoms with Gasteiger partial charge >= 0.3 is 6.18 Å². The fraction of sp³-hybridized carbons (Fsp3) is 0.619. The summed E-state index contributed by atoms with van der Waals surface area (Å²) in [6, 6.07) is 1.15. The van der Waals surface area contributed by atoms with Gasteiger partial charge in [-0.25, -0.2) is 0 Å². The number of piperazine rings is 1. The van der Waals surface area contributed by atoms with Crippen molar-refractivity contribution in [2.24, 2.45) is 5.92 Å². The van der Waals surface area contributed by atoms with Crippen LogP contribution in [0.1, 0.15) is 44.1 Å². The molecule has 1 saturated carbocycles. The zero-order chi connectivity index (χ0) is 22.9. The minimum absolute atomic E-state index is 0.0715. The Bertz CT molecular complexity index is 1040. The van der Waals surface area contributed by atoms with Crippen LogP contribution >= 0.6 is 11.3 Å². The van der Waals surface area contributed by atoms with Crippen molar-refractivity contribution in [2.75, 3.05) is 37.6 Å². The molecule has 2 fully saturated rings. The topological polar surface area (TPSA) is 79.6 Å². The molecule has 0 spiro atoms. The number of hydrogen-bond acceptors (Lipinski definition) is 7. The van der Waals surface area contributed by atoms with Crippen LogP contribution < -0.4 is 10.5 Å². The molecular weight excluding hydrogens is 445 g/mol. The largest absolute Gasteiger partial charge is 0.416 e. The van der Waals surface area contributed by atoms with Gasteiger partial charge in [-0.2, -0.15) is 18.2 Å². The van der Waals surface area contributed by atoms with Crippen LogP contribution in [0.4, 0.5) is 24.0 Å². The highest BCUT2D eigenvalue weighted by molar-refractivity contribution is 7.22. The van der Waals surface area contributed by atoms with E-state index in [4.69, 9.17) is 0 Å². The monoisotopic (exact) mass is 470 g/mol. The van der Waals surface area contributed by atoms with Crippen molar-refractivity contribution < 1.29 is 18.1 Å². The number of anilines is 1. The summed E-state index contributed by atoms with van der Waals surface area (Å²) in [7, 11) is 0. The lowest BCUT2D eigenvalue weighted by molar-refractivity contribution is -0.383. The Labute approximate surface area is 187 Å². The van der Waals surface area contributed by atoms with Crippen molar-refractivity contribution in [2.45, 2.75) is 44.7 Å². The standard InChI is InChI=1S/C21H25F3N4O3S/c22-21(23,24)15-12-16-18(17(13-15)28(30)31)32-20(25-19(16)29)27-10-8-26(9-11-27)7-6-14-4-2-1-3-5-14/h12-14H,1-11H2. The van der Waals surface area contributed by atoms with Gasteiger partial charge in [-0.1, -0.05) is 43.4 Å². The summed E-state index contributed by atoms with van der Waals surface area (Å²) < 4.78 is 39.3. The molecule has 0 atom stereocenters. The second-order valence-corrected chi connectivity index (χ2v) is 9.53. The molecule has 7 nitrogen and oxygen atoms in total. The first-order chi connectivity index (χ1) is 15.2. The number of nitro groups is 1. The number of aromatic nitrogens is 1. The normalized spacial score (nSPS) is 18.9. The first-order valence-corrected chi connectivity index (χ1v) is 11.7. The van der Waals surface area contributed by atoms with Crippen molar-refractivity contribution in [3.63, 3.8) is 0 Å². The van der Waals surface area contributed by atoms with E-state index in [-0.39, 0.29) is 10.1 Å². The van der Waals surface area contributed by atoms with Crippen LogP contribution in [0.15, 0.2) is 16.9 Å². The predicted octanol–water partition coefficient (Wildman–Crippen LogP) is 4.68. The number of nitro benzene ring substituents is 1. The molecule has 11 heteroatoms. The first kappa shape index (κ1) is 22.9. The van der Waals surface area contributed by atoms with Gasteiger partial charge in [0.05, 0.1) is 15.9 Å². The molecule has 0 N–H and O–H groups in total. The van der Waals surface area contributed by atoms with E-state index >= 15 is 0 Å². The summed E-state index contributed by atoms with van der Waals surface area (Å²) in [5.74, 6) is 0.802. The highest BCUT2D eigenvalue weighted by atomic mass is 32.1. The molecular formula is C21H25F3N4O3S. The second kappa shape index (κ2) is 9.30. The highest BCUT2D eigenvalue weighted by Gasteiger charge is 2.34. The molecule has 1 aliphatic heterocycles. The Morgan fingerprint density at radius 2 is 1.81 bits per heavy atom. The molecule has 0 unspecified atom stereocenters. The zero-order valence-electron chi connectivity index (χ0n) is 17.6. The molecule has 0 bridgehead atoms. The van der Waals surface area contributed by atoms with E-state index in [0.717, 1.165) is 36.9 Å². The van der Waals surface area contributed by atoms with Gasteiger partial charge in [-0.05, 0) is 24.9 Å². The Kier molecular flexibility index (Phi) is 6.66. The van der Waals surface area contributed by atoms with Crippen molar-refractivity contribution in [1.82, 2.24) is 9.88 Å². The van der Waals surface area contributed by atoms with Gasteiger partial charge in [-0.3, -0.25) is 19.8 Å². The molecule has 2 aliphatic rings. The lowest BCUT2D eigenvalue weighted by Crippen LogP contribution is -2.47. The Balaban J connectivity index is 1.51. The minimum Gasteiger partial charge on any atom is -0.345 e. The third kappa shape index (κ3) is 5.03. The summed E-state index contributed by atoms with van der Waals surface area (Å²) in [6.07, 6.45) is 3.00. The first-order valence-electron chi connectivity index (χ1n) is 10.9. The average molecular weight is 471 g/mol. The maximum atomic E-state index is 13.1. The number of rotatable bonds is 5. The van der Waals surface area contributed by atoms with Gasteiger partial charge in [0.15, 0.2) is 5.13 Å². The van der Waals surface area contributed by atoms with E-state index in [1.807, 2.05) is 4.90 Å². The zero-order valence-corrected chi connectivity index (χ0v) is 18.4. The van der Waals surface area contributed by atoms with E-state index < -0.39 is 27.9 Å². The number of fused-ring (bicyclic) bond motifs is 1. The quantitative estimate of drug-likeness (QED) is 0.467. The highest BCUT2D eigenvalue weighted by Crippen LogP contribution is 2.38. The smallest absolute Gasteiger partial charge is 0.345 e. The van der Waals surface area contributed by atoms with Crippen LogP contribution in [0.5, 0.6) is 0 Å². The molecule has 2 aromatic rings. The van der Waals surface area contributed by atoms with Gasteiger partial charge in [0.1, 0.15) is 4.70 Å². The lowest BCUT2D eigenvalue weighted by atomic mass is 9.87. The van der Waals surface area contributed by atoms with E-state index in [2.05, 4.69) is 9.88 Å². The lowest BCUT2D eigenvalue weighted by Gasteiger charge is -2.35. The molecule has 0 radical (unpaired) electrons. The van der Waals surface area contributed by atoms with Gasteiger partial charge < -0.3 is 4.90 Å². The molecule has 1 aliphatic carbocycles. The van der Waals surface area contributed by atoms with Crippen molar-refractivity contribution in [1.29, 1.82) is 0 Å². The maximum Gasteiger partial charge on any atom is 0.416 e. The van der Waals surface area contributed by atoms with Crippen molar-refractivity contribution in [3.8, 4) is 0 Å². The molecule has 32 heavy (non-hydrogen) atoms. The number of alkyl halides is 3. The molecule has 1 aromatic carbocycles. The SMILES string of the molecule is O=c1nc(N2CCN(CCC3CCCCC3)CC2)sc2c([N+](=O)[O-])cc(C(F)(F)F)cc12. The summed E-state index contributed by atoms with van der Waals surface area (Å²) in [4.78, 5) is 31.3. The molecule has 1 aromatic heterocycles. The van der Waals surface area contributed by atoms with Crippen molar-refractivity contribution in [3.05, 3.63) is 38.2 Å². The number of nitrogens with zero attached hydrogens (tertiary/aromatic N) is 4. The number of benzene rings is 1. The summed E-state index contributed by atoms with van der Waals surface area (Å²) >= 11 is 0.906. The fourth-order valence-electron chi connectivity index (χ4n) is 4.58. The van der Waals surface area contributed by atoms with Gasteiger partial charge in [0.25, 0.3) is 11.2 Å². The second-order valence-electron chi connectivity index (χ2n) is 8.55. The Morgan fingerprint density at radius 3 is 2.44 bits per heavy atom. The van der Waals surface area contributed by atoms with Crippen LogP contribution in [0.2, 0.25) is 0 Å². The molecule has 1 saturated heterocycles. The van der Waals surface area contributed by atoms with E-state index in [1.54, 1.807) is 0 Å². The fourth-order valence-corrected chi connectivity index (χ4v) is 5.70. The number of halogens is 3. The molecule has 4 rings (SSSR count). The van der Waals surface area contributed by atoms with Crippen LogP contribution in [0, 0.1) is 16.0 Å².